The standard InChI is InChI=1S/C15H20N2/c1-2-16-9-10-17-12-13-7-8-14-5-3-4-6-15(14)11-13/h3-8,11,16-17H,2,9-10,12H2,1H3. The quantitative estimate of drug-likeness (QED) is 0.742. The van der Waals surface area contributed by atoms with Gasteiger partial charge in [-0.15, -0.1) is 0 Å². The van der Waals surface area contributed by atoms with E-state index in [1.165, 1.54) is 16.3 Å². The van der Waals surface area contributed by atoms with Crippen LogP contribution in [0.25, 0.3) is 10.8 Å². The fourth-order valence-electron chi connectivity index (χ4n) is 1.94. The number of likely N-dealkylation sites (N-methyl/N-ethyl adjacent to an activating group) is 1. The maximum Gasteiger partial charge on any atom is 0.0206 e. The van der Waals surface area contributed by atoms with E-state index in [9.17, 15) is 0 Å². The summed E-state index contributed by atoms with van der Waals surface area (Å²) < 4.78 is 0. The molecule has 2 rings (SSSR count). The zero-order chi connectivity index (χ0) is 11.9. The molecule has 2 nitrogen and oxygen atoms in total. The van der Waals surface area contributed by atoms with Crippen molar-refractivity contribution < 1.29 is 0 Å². The van der Waals surface area contributed by atoms with E-state index >= 15 is 0 Å². The molecule has 0 aliphatic carbocycles. The van der Waals surface area contributed by atoms with Crippen molar-refractivity contribution in [3.63, 3.8) is 0 Å². The Bertz CT molecular complexity index is 465. The molecular weight excluding hydrogens is 208 g/mol. The molecule has 0 spiro atoms. The highest BCUT2D eigenvalue weighted by Gasteiger charge is 1.95. The van der Waals surface area contributed by atoms with E-state index in [4.69, 9.17) is 0 Å². The van der Waals surface area contributed by atoms with Gasteiger partial charge in [-0.1, -0.05) is 43.3 Å². The third kappa shape index (κ3) is 3.55. The van der Waals surface area contributed by atoms with Gasteiger partial charge >= 0.3 is 0 Å². The Labute approximate surface area is 103 Å². The lowest BCUT2D eigenvalue weighted by molar-refractivity contribution is 0.625. The van der Waals surface area contributed by atoms with Gasteiger partial charge in [-0.05, 0) is 28.9 Å². The first-order valence-corrected chi connectivity index (χ1v) is 6.29. The van der Waals surface area contributed by atoms with Crippen LogP contribution in [0.5, 0.6) is 0 Å². The van der Waals surface area contributed by atoms with Crippen molar-refractivity contribution in [3.8, 4) is 0 Å². The molecule has 0 fully saturated rings. The summed E-state index contributed by atoms with van der Waals surface area (Å²) in [5.74, 6) is 0. The summed E-state index contributed by atoms with van der Waals surface area (Å²) in [7, 11) is 0. The lowest BCUT2D eigenvalue weighted by Gasteiger charge is -2.06. The summed E-state index contributed by atoms with van der Waals surface area (Å²) in [5.41, 5.74) is 1.35. The topological polar surface area (TPSA) is 24.1 Å². The van der Waals surface area contributed by atoms with E-state index in [0.29, 0.717) is 0 Å². The smallest absolute Gasteiger partial charge is 0.0206 e. The average molecular weight is 228 g/mol. The summed E-state index contributed by atoms with van der Waals surface area (Å²) in [4.78, 5) is 0. The Morgan fingerprint density at radius 3 is 2.47 bits per heavy atom. The molecule has 2 aromatic carbocycles. The Hall–Kier alpha value is -1.38. The second-order valence-electron chi connectivity index (χ2n) is 4.21. The van der Waals surface area contributed by atoms with Crippen LogP contribution in [0.2, 0.25) is 0 Å². The van der Waals surface area contributed by atoms with Gasteiger partial charge in [0.15, 0.2) is 0 Å². The lowest BCUT2D eigenvalue weighted by atomic mass is 10.1. The monoisotopic (exact) mass is 228 g/mol. The van der Waals surface area contributed by atoms with Crippen molar-refractivity contribution >= 4 is 10.8 Å². The largest absolute Gasteiger partial charge is 0.316 e. The summed E-state index contributed by atoms with van der Waals surface area (Å²) >= 11 is 0. The average Bonchev–Trinajstić information content (AvgIpc) is 2.38. The highest BCUT2D eigenvalue weighted by Crippen LogP contribution is 2.15. The Morgan fingerprint density at radius 1 is 0.882 bits per heavy atom. The van der Waals surface area contributed by atoms with Crippen LogP contribution in [-0.4, -0.2) is 19.6 Å². The Balaban J connectivity index is 1.90. The van der Waals surface area contributed by atoms with Crippen LogP contribution in [0.4, 0.5) is 0 Å². The number of hydrogen-bond acceptors (Lipinski definition) is 2. The van der Waals surface area contributed by atoms with E-state index in [2.05, 4.69) is 60.0 Å². The second-order valence-corrected chi connectivity index (χ2v) is 4.21. The van der Waals surface area contributed by atoms with Crippen LogP contribution in [0.3, 0.4) is 0 Å². The third-order valence-corrected chi connectivity index (χ3v) is 2.87. The SMILES string of the molecule is CCNCCNCc1ccc2ccccc2c1. The molecule has 90 valence electrons. The normalized spacial score (nSPS) is 10.9. The molecule has 0 atom stereocenters. The molecule has 0 aliphatic heterocycles. The molecule has 0 bridgehead atoms. The van der Waals surface area contributed by atoms with Crippen LogP contribution >= 0.6 is 0 Å². The zero-order valence-electron chi connectivity index (χ0n) is 10.4. The fourth-order valence-corrected chi connectivity index (χ4v) is 1.94. The maximum atomic E-state index is 3.44. The minimum Gasteiger partial charge on any atom is -0.316 e. The minimum atomic E-state index is 0.941. The van der Waals surface area contributed by atoms with Gasteiger partial charge in [-0.2, -0.15) is 0 Å². The van der Waals surface area contributed by atoms with Crippen molar-refractivity contribution in [3.05, 3.63) is 48.0 Å². The van der Waals surface area contributed by atoms with Crippen LogP contribution in [0.15, 0.2) is 42.5 Å². The third-order valence-electron chi connectivity index (χ3n) is 2.87. The minimum absolute atomic E-state index is 0.941. The molecular formula is C15H20N2. The predicted octanol–water partition coefficient (Wildman–Crippen LogP) is 2.54. The highest BCUT2D eigenvalue weighted by molar-refractivity contribution is 5.82. The molecule has 0 saturated heterocycles. The van der Waals surface area contributed by atoms with Crippen molar-refractivity contribution in [2.45, 2.75) is 13.5 Å². The summed E-state index contributed by atoms with van der Waals surface area (Å²) in [6.07, 6.45) is 0. The second kappa shape index (κ2) is 6.38. The maximum absolute atomic E-state index is 3.44. The molecule has 0 heterocycles. The van der Waals surface area contributed by atoms with Crippen LogP contribution in [-0.2, 0) is 6.54 Å². The van der Waals surface area contributed by atoms with Crippen molar-refractivity contribution in [2.75, 3.05) is 19.6 Å². The first kappa shape index (κ1) is 12.1. The molecule has 0 aromatic heterocycles. The van der Waals surface area contributed by atoms with Crippen molar-refractivity contribution in [1.29, 1.82) is 0 Å². The molecule has 0 amide bonds. The van der Waals surface area contributed by atoms with E-state index in [0.717, 1.165) is 26.2 Å². The van der Waals surface area contributed by atoms with Gasteiger partial charge in [-0.25, -0.2) is 0 Å². The first-order chi connectivity index (χ1) is 8.40. The summed E-state index contributed by atoms with van der Waals surface area (Å²) in [6.45, 7) is 6.15. The molecule has 0 radical (unpaired) electrons. The van der Waals surface area contributed by atoms with Gasteiger partial charge in [0.25, 0.3) is 0 Å². The lowest BCUT2D eigenvalue weighted by Crippen LogP contribution is -2.26. The van der Waals surface area contributed by atoms with Crippen LogP contribution in [0, 0.1) is 0 Å². The van der Waals surface area contributed by atoms with Gasteiger partial charge in [0.05, 0.1) is 0 Å². The van der Waals surface area contributed by atoms with Gasteiger partial charge in [-0.3, -0.25) is 0 Å². The number of nitrogens with one attached hydrogen (secondary N) is 2. The number of rotatable bonds is 6. The number of hydrogen-bond donors (Lipinski definition) is 2. The Kier molecular flexibility index (Phi) is 4.54. The number of benzene rings is 2. The van der Waals surface area contributed by atoms with Gasteiger partial charge in [0, 0.05) is 19.6 Å². The Morgan fingerprint density at radius 2 is 1.65 bits per heavy atom. The van der Waals surface area contributed by atoms with Crippen LogP contribution in [0.1, 0.15) is 12.5 Å². The van der Waals surface area contributed by atoms with Gasteiger partial charge in [0.2, 0.25) is 0 Å². The van der Waals surface area contributed by atoms with Crippen molar-refractivity contribution in [1.82, 2.24) is 10.6 Å². The fraction of sp³-hybridized carbons (Fsp3) is 0.333. The predicted molar refractivity (Wildman–Crippen MR) is 74.2 cm³/mol. The molecule has 2 N–H and O–H groups in total. The zero-order valence-corrected chi connectivity index (χ0v) is 10.4. The number of fused-ring (bicyclic) bond motifs is 1. The van der Waals surface area contributed by atoms with Gasteiger partial charge < -0.3 is 10.6 Å². The highest BCUT2D eigenvalue weighted by atomic mass is 14.9. The van der Waals surface area contributed by atoms with E-state index in [-0.39, 0.29) is 0 Å². The molecule has 17 heavy (non-hydrogen) atoms. The molecule has 0 saturated carbocycles. The van der Waals surface area contributed by atoms with E-state index in [1.54, 1.807) is 0 Å². The molecule has 2 heteroatoms. The van der Waals surface area contributed by atoms with Crippen LogP contribution < -0.4 is 10.6 Å². The summed E-state index contributed by atoms with van der Waals surface area (Å²) in [6, 6.07) is 15.1. The summed E-state index contributed by atoms with van der Waals surface area (Å²) in [5, 5.41) is 9.37. The van der Waals surface area contributed by atoms with E-state index in [1.807, 2.05) is 0 Å². The van der Waals surface area contributed by atoms with Crippen molar-refractivity contribution in [2.24, 2.45) is 0 Å². The van der Waals surface area contributed by atoms with E-state index < -0.39 is 0 Å². The molecule has 0 unspecified atom stereocenters. The van der Waals surface area contributed by atoms with Gasteiger partial charge in [0.1, 0.15) is 0 Å². The first-order valence-electron chi connectivity index (χ1n) is 6.29. The molecule has 0 aliphatic rings. The molecule has 2 aromatic rings.